The SMILES string of the molecule is COC(=O)c1[nH]c2cc(OC)c(OC)cc2c1NC(=O)CN1CCN(c2cc(Cl)ccc2C)CC1. The minimum atomic E-state index is -0.583. The molecule has 0 saturated carbocycles. The third-order valence-corrected chi connectivity index (χ3v) is 6.44. The minimum absolute atomic E-state index is 0.160. The van der Waals surface area contributed by atoms with E-state index in [-0.39, 0.29) is 18.1 Å². The van der Waals surface area contributed by atoms with Gasteiger partial charge in [-0.25, -0.2) is 4.79 Å². The van der Waals surface area contributed by atoms with E-state index in [2.05, 4.69) is 27.0 Å². The van der Waals surface area contributed by atoms with Crippen LogP contribution in [0.3, 0.4) is 0 Å². The molecule has 0 atom stereocenters. The summed E-state index contributed by atoms with van der Waals surface area (Å²) in [4.78, 5) is 32.8. The van der Waals surface area contributed by atoms with E-state index >= 15 is 0 Å². The van der Waals surface area contributed by atoms with Crippen LogP contribution in [0.2, 0.25) is 5.02 Å². The number of amides is 1. The normalized spacial score (nSPS) is 14.1. The van der Waals surface area contributed by atoms with Crippen LogP contribution in [0.4, 0.5) is 11.4 Å². The number of esters is 1. The molecule has 9 nitrogen and oxygen atoms in total. The second-order valence-electron chi connectivity index (χ2n) is 8.36. The van der Waals surface area contributed by atoms with Crippen molar-refractivity contribution >= 4 is 45.8 Å². The van der Waals surface area contributed by atoms with Crippen LogP contribution in [0.15, 0.2) is 30.3 Å². The van der Waals surface area contributed by atoms with Crippen molar-refractivity contribution in [3.8, 4) is 11.5 Å². The van der Waals surface area contributed by atoms with Gasteiger partial charge in [-0.3, -0.25) is 9.69 Å². The number of benzene rings is 2. The molecular weight excluding hydrogens is 472 g/mol. The molecule has 0 radical (unpaired) electrons. The first-order valence-corrected chi connectivity index (χ1v) is 11.6. The number of nitrogens with zero attached hydrogens (tertiary/aromatic N) is 2. The maximum Gasteiger partial charge on any atom is 0.356 e. The Bertz CT molecular complexity index is 1250. The van der Waals surface area contributed by atoms with Gasteiger partial charge in [0.25, 0.3) is 0 Å². The molecule has 1 aliphatic heterocycles. The summed E-state index contributed by atoms with van der Waals surface area (Å²) in [5.41, 5.74) is 3.41. The zero-order valence-corrected chi connectivity index (χ0v) is 21.0. The number of fused-ring (bicyclic) bond motifs is 1. The highest BCUT2D eigenvalue weighted by molar-refractivity contribution is 6.30. The van der Waals surface area contributed by atoms with Gasteiger partial charge in [0.1, 0.15) is 5.69 Å². The lowest BCUT2D eigenvalue weighted by atomic mass is 10.1. The number of anilines is 2. The lowest BCUT2D eigenvalue weighted by Crippen LogP contribution is -2.48. The molecule has 0 spiro atoms. The van der Waals surface area contributed by atoms with Crippen LogP contribution >= 0.6 is 11.6 Å². The highest BCUT2D eigenvalue weighted by Crippen LogP contribution is 2.37. The third kappa shape index (κ3) is 5.16. The average molecular weight is 501 g/mol. The molecular formula is C25H29ClN4O5. The van der Waals surface area contributed by atoms with Crippen LogP contribution < -0.4 is 19.7 Å². The summed E-state index contributed by atoms with van der Waals surface area (Å²) in [6.07, 6.45) is 0. The zero-order chi connectivity index (χ0) is 25.1. The van der Waals surface area contributed by atoms with E-state index in [1.165, 1.54) is 26.9 Å². The number of rotatable bonds is 7. The smallest absolute Gasteiger partial charge is 0.356 e. The number of aromatic nitrogens is 1. The van der Waals surface area contributed by atoms with Crippen LogP contribution in [0.1, 0.15) is 16.1 Å². The fourth-order valence-electron chi connectivity index (χ4n) is 4.36. The molecule has 1 aromatic heterocycles. The average Bonchev–Trinajstić information content (AvgIpc) is 3.21. The van der Waals surface area contributed by atoms with E-state index in [0.29, 0.717) is 33.1 Å². The van der Waals surface area contributed by atoms with Gasteiger partial charge in [-0.1, -0.05) is 17.7 Å². The van der Waals surface area contributed by atoms with Gasteiger partial charge in [0.15, 0.2) is 11.5 Å². The van der Waals surface area contributed by atoms with E-state index < -0.39 is 5.97 Å². The van der Waals surface area contributed by atoms with Crippen LogP contribution in [-0.4, -0.2) is 75.8 Å². The molecule has 0 aliphatic carbocycles. The highest BCUT2D eigenvalue weighted by Gasteiger charge is 2.24. The molecule has 2 heterocycles. The van der Waals surface area contributed by atoms with Crippen molar-refractivity contribution in [1.82, 2.24) is 9.88 Å². The van der Waals surface area contributed by atoms with Gasteiger partial charge in [-0.2, -0.15) is 0 Å². The standard InChI is InChI=1S/C25H29ClN4O5/c1-15-5-6-16(26)11-19(15)30-9-7-29(8-10-30)14-22(31)28-23-17-12-20(33-2)21(34-3)13-18(17)27-24(23)25(32)35-4/h5-6,11-13,27H,7-10,14H2,1-4H3,(H,28,31). The van der Waals surface area contributed by atoms with Crippen molar-refractivity contribution in [2.24, 2.45) is 0 Å². The van der Waals surface area contributed by atoms with Crippen LogP contribution in [0.25, 0.3) is 10.9 Å². The van der Waals surface area contributed by atoms with Gasteiger partial charge in [-0.15, -0.1) is 0 Å². The first-order chi connectivity index (χ1) is 16.8. The van der Waals surface area contributed by atoms with E-state index in [0.717, 1.165) is 31.9 Å². The number of aromatic amines is 1. The maximum atomic E-state index is 13.0. The number of nitrogens with one attached hydrogen (secondary N) is 2. The van der Waals surface area contributed by atoms with Gasteiger partial charge >= 0.3 is 5.97 Å². The fraction of sp³-hybridized carbons (Fsp3) is 0.360. The Labute approximate surface area is 208 Å². The number of H-pyrrole nitrogens is 1. The molecule has 2 aromatic carbocycles. The summed E-state index contributed by atoms with van der Waals surface area (Å²) in [6, 6.07) is 9.32. The van der Waals surface area contributed by atoms with Gasteiger partial charge in [0, 0.05) is 48.3 Å². The monoisotopic (exact) mass is 500 g/mol. The number of hydrogen-bond acceptors (Lipinski definition) is 7. The molecule has 1 aliphatic rings. The first kappa shape index (κ1) is 24.7. The topological polar surface area (TPSA) is 96.1 Å². The zero-order valence-electron chi connectivity index (χ0n) is 20.2. The quantitative estimate of drug-likeness (QED) is 0.477. The summed E-state index contributed by atoms with van der Waals surface area (Å²) in [7, 11) is 4.35. The first-order valence-electron chi connectivity index (χ1n) is 11.2. The lowest BCUT2D eigenvalue weighted by Gasteiger charge is -2.36. The summed E-state index contributed by atoms with van der Waals surface area (Å²) in [5.74, 6) is 0.180. The Morgan fingerprint density at radius 2 is 1.71 bits per heavy atom. The molecule has 10 heteroatoms. The van der Waals surface area contributed by atoms with Gasteiger partial charge < -0.3 is 29.4 Å². The molecule has 186 valence electrons. The highest BCUT2D eigenvalue weighted by atomic mass is 35.5. The molecule has 1 saturated heterocycles. The van der Waals surface area contributed by atoms with Gasteiger partial charge in [0.2, 0.25) is 5.91 Å². The van der Waals surface area contributed by atoms with E-state index in [9.17, 15) is 9.59 Å². The number of halogens is 1. The Morgan fingerprint density at radius 3 is 2.37 bits per heavy atom. The molecule has 4 rings (SSSR count). The van der Waals surface area contributed by atoms with Crippen molar-refractivity contribution < 1.29 is 23.8 Å². The number of carbonyl (C=O) groups excluding carboxylic acids is 2. The molecule has 1 amide bonds. The second kappa shape index (κ2) is 10.5. The lowest BCUT2D eigenvalue weighted by molar-refractivity contribution is -0.117. The largest absolute Gasteiger partial charge is 0.493 e. The Kier molecular flexibility index (Phi) is 7.37. The van der Waals surface area contributed by atoms with Crippen molar-refractivity contribution in [2.45, 2.75) is 6.92 Å². The number of carbonyl (C=O) groups is 2. The number of methoxy groups -OCH3 is 3. The van der Waals surface area contributed by atoms with E-state index in [1.54, 1.807) is 12.1 Å². The van der Waals surface area contributed by atoms with Crippen LogP contribution in [0.5, 0.6) is 11.5 Å². The van der Waals surface area contributed by atoms with Crippen molar-refractivity contribution in [1.29, 1.82) is 0 Å². The molecule has 1 fully saturated rings. The van der Waals surface area contributed by atoms with Crippen LogP contribution in [-0.2, 0) is 9.53 Å². The second-order valence-corrected chi connectivity index (χ2v) is 8.80. The van der Waals surface area contributed by atoms with Crippen molar-refractivity contribution in [3.05, 3.63) is 46.6 Å². The number of hydrogen-bond donors (Lipinski definition) is 2. The third-order valence-electron chi connectivity index (χ3n) is 6.21. The summed E-state index contributed by atoms with van der Waals surface area (Å²) in [6.45, 7) is 5.28. The van der Waals surface area contributed by atoms with E-state index in [1.807, 2.05) is 18.2 Å². The predicted octanol–water partition coefficient (Wildman–Crippen LogP) is 3.69. The maximum absolute atomic E-state index is 13.0. The summed E-state index contributed by atoms with van der Waals surface area (Å²) >= 11 is 6.18. The number of aryl methyl sites for hydroxylation is 1. The van der Waals surface area contributed by atoms with E-state index in [4.69, 9.17) is 25.8 Å². The number of piperazine rings is 1. The molecule has 35 heavy (non-hydrogen) atoms. The fourth-order valence-corrected chi connectivity index (χ4v) is 4.52. The Morgan fingerprint density at radius 1 is 1.03 bits per heavy atom. The molecule has 0 bridgehead atoms. The Hall–Kier alpha value is -3.43. The van der Waals surface area contributed by atoms with Crippen molar-refractivity contribution in [3.63, 3.8) is 0 Å². The molecule has 3 aromatic rings. The van der Waals surface area contributed by atoms with Crippen molar-refractivity contribution in [2.75, 3.05) is 64.3 Å². The number of ether oxygens (including phenoxy) is 3. The molecule has 2 N–H and O–H groups in total. The summed E-state index contributed by atoms with van der Waals surface area (Å²) in [5, 5.41) is 4.24. The van der Waals surface area contributed by atoms with Gasteiger partial charge in [0.05, 0.1) is 39.1 Å². The predicted molar refractivity (Wildman–Crippen MR) is 136 cm³/mol. The van der Waals surface area contributed by atoms with Gasteiger partial charge in [-0.05, 0) is 30.7 Å². The minimum Gasteiger partial charge on any atom is -0.493 e. The summed E-state index contributed by atoms with van der Waals surface area (Å²) < 4.78 is 15.7. The Balaban J connectivity index is 1.49. The van der Waals surface area contributed by atoms with Crippen LogP contribution in [0, 0.1) is 6.92 Å². The molecule has 0 unspecified atom stereocenters.